The van der Waals surface area contributed by atoms with Crippen molar-refractivity contribution >= 4 is 0 Å². The second-order valence-corrected chi connectivity index (χ2v) is 5.31. The second kappa shape index (κ2) is 5.19. The highest BCUT2D eigenvalue weighted by atomic mass is 15.2. The predicted octanol–water partition coefficient (Wildman–Crippen LogP) is 2.21. The van der Waals surface area contributed by atoms with Crippen molar-refractivity contribution in [1.82, 2.24) is 4.90 Å². The van der Waals surface area contributed by atoms with E-state index in [1.54, 1.807) is 0 Å². The van der Waals surface area contributed by atoms with E-state index in [4.69, 9.17) is 5.73 Å². The van der Waals surface area contributed by atoms with Crippen LogP contribution in [0.1, 0.15) is 31.4 Å². The molecule has 0 bridgehead atoms. The van der Waals surface area contributed by atoms with Crippen molar-refractivity contribution in [3.8, 4) is 0 Å². The zero-order valence-electron chi connectivity index (χ0n) is 11.1. The average Bonchev–Trinajstić information content (AvgIpc) is 2.60. The summed E-state index contributed by atoms with van der Waals surface area (Å²) in [5.41, 5.74) is 9.17. The van der Waals surface area contributed by atoms with Crippen molar-refractivity contribution in [3.05, 3.63) is 35.4 Å². The van der Waals surface area contributed by atoms with E-state index in [0.29, 0.717) is 0 Å². The van der Waals surface area contributed by atoms with Gasteiger partial charge in [0.05, 0.1) is 0 Å². The normalized spacial score (nSPS) is 20.4. The van der Waals surface area contributed by atoms with E-state index in [0.717, 1.165) is 38.9 Å². The fourth-order valence-corrected chi connectivity index (χ4v) is 2.70. The Hall–Kier alpha value is -0.860. The fourth-order valence-electron chi connectivity index (χ4n) is 2.70. The lowest BCUT2D eigenvalue weighted by molar-refractivity contribution is 0.112. The van der Waals surface area contributed by atoms with Crippen molar-refractivity contribution in [1.29, 1.82) is 0 Å². The smallest absolute Gasteiger partial charge is 0.0301 e. The van der Waals surface area contributed by atoms with Gasteiger partial charge in [0.15, 0.2) is 0 Å². The van der Waals surface area contributed by atoms with E-state index in [-0.39, 0.29) is 5.54 Å². The molecule has 0 saturated heterocycles. The van der Waals surface area contributed by atoms with Gasteiger partial charge in [0.25, 0.3) is 0 Å². The van der Waals surface area contributed by atoms with Crippen LogP contribution in [0, 0.1) is 0 Å². The van der Waals surface area contributed by atoms with E-state index in [9.17, 15) is 0 Å². The third kappa shape index (κ3) is 2.53. The van der Waals surface area contributed by atoms with Gasteiger partial charge in [0, 0.05) is 25.2 Å². The maximum Gasteiger partial charge on any atom is 0.0301 e. The topological polar surface area (TPSA) is 29.3 Å². The molecule has 1 aromatic carbocycles. The second-order valence-electron chi connectivity index (χ2n) is 5.31. The summed E-state index contributed by atoms with van der Waals surface area (Å²) in [6.45, 7) is 7.56. The molecule has 0 fully saturated rings. The number of fused-ring (bicyclic) bond motifs is 1. The summed E-state index contributed by atoms with van der Waals surface area (Å²) >= 11 is 0. The Bertz CT molecular complexity index is 342. The van der Waals surface area contributed by atoms with Crippen molar-refractivity contribution < 1.29 is 0 Å². The fraction of sp³-hybridized carbons (Fsp3) is 0.600. The molecule has 2 rings (SSSR count). The van der Waals surface area contributed by atoms with Crippen molar-refractivity contribution in [2.24, 2.45) is 5.73 Å². The van der Waals surface area contributed by atoms with E-state index in [2.05, 4.69) is 43.0 Å². The predicted molar refractivity (Wildman–Crippen MR) is 73.2 cm³/mol. The first-order valence-electron chi connectivity index (χ1n) is 6.71. The van der Waals surface area contributed by atoms with Crippen molar-refractivity contribution in [2.75, 3.05) is 19.6 Å². The molecule has 1 aliphatic heterocycles. The van der Waals surface area contributed by atoms with Crippen LogP contribution in [0.15, 0.2) is 24.3 Å². The van der Waals surface area contributed by atoms with Crippen LogP contribution >= 0.6 is 0 Å². The standard InChI is InChI=1S/C15H24N2/c1-3-15(2,12-16)17-10-8-13-6-4-5-7-14(13)9-11-17/h4-7H,3,8-12,16H2,1-2H3. The van der Waals surface area contributed by atoms with Crippen LogP contribution in [-0.4, -0.2) is 30.1 Å². The van der Waals surface area contributed by atoms with Gasteiger partial charge in [-0.05, 0) is 37.3 Å². The highest BCUT2D eigenvalue weighted by molar-refractivity contribution is 5.28. The number of nitrogens with zero attached hydrogens (tertiary/aromatic N) is 1. The molecule has 0 radical (unpaired) electrons. The molecule has 0 saturated carbocycles. The molecule has 1 atom stereocenters. The van der Waals surface area contributed by atoms with Gasteiger partial charge >= 0.3 is 0 Å². The Morgan fingerprint density at radius 3 is 2.12 bits per heavy atom. The van der Waals surface area contributed by atoms with Crippen molar-refractivity contribution in [3.63, 3.8) is 0 Å². The first-order valence-corrected chi connectivity index (χ1v) is 6.71. The lowest BCUT2D eigenvalue weighted by atomic mass is 9.96. The van der Waals surface area contributed by atoms with Crippen LogP contribution in [0.2, 0.25) is 0 Å². The Morgan fingerprint density at radius 1 is 1.18 bits per heavy atom. The number of rotatable bonds is 3. The maximum absolute atomic E-state index is 5.96. The van der Waals surface area contributed by atoms with Crippen LogP contribution < -0.4 is 5.73 Å². The minimum absolute atomic E-state index is 0.169. The molecule has 0 aromatic heterocycles. The van der Waals surface area contributed by atoms with E-state index in [1.807, 2.05) is 0 Å². The monoisotopic (exact) mass is 232 g/mol. The minimum atomic E-state index is 0.169. The Morgan fingerprint density at radius 2 is 1.71 bits per heavy atom. The average molecular weight is 232 g/mol. The number of nitrogens with two attached hydrogens (primary N) is 1. The molecule has 94 valence electrons. The summed E-state index contributed by atoms with van der Waals surface area (Å²) in [5.74, 6) is 0. The van der Waals surface area contributed by atoms with E-state index >= 15 is 0 Å². The lowest BCUT2D eigenvalue weighted by Gasteiger charge is -2.39. The molecule has 2 heteroatoms. The molecular formula is C15H24N2. The minimum Gasteiger partial charge on any atom is -0.329 e. The van der Waals surface area contributed by atoms with Crippen LogP contribution in [0.4, 0.5) is 0 Å². The van der Waals surface area contributed by atoms with Crippen LogP contribution in [0.3, 0.4) is 0 Å². The summed E-state index contributed by atoms with van der Waals surface area (Å²) in [4.78, 5) is 2.58. The van der Waals surface area contributed by atoms with Crippen molar-refractivity contribution in [2.45, 2.75) is 38.6 Å². The molecule has 1 aromatic rings. The molecule has 17 heavy (non-hydrogen) atoms. The highest BCUT2D eigenvalue weighted by Crippen LogP contribution is 2.23. The molecule has 2 nitrogen and oxygen atoms in total. The van der Waals surface area contributed by atoms with Gasteiger partial charge in [-0.25, -0.2) is 0 Å². The SMILES string of the molecule is CCC(C)(CN)N1CCc2ccccc2CC1. The third-order valence-corrected chi connectivity index (χ3v) is 4.39. The first kappa shape index (κ1) is 12.6. The molecule has 1 aliphatic rings. The van der Waals surface area contributed by atoms with Crippen LogP contribution in [-0.2, 0) is 12.8 Å². The molecular weight excluding hydrogens is 208 g/mol. The quantitative estimate of drug-likeness (QED) is 0.866. The Kier molecular flexibility index (Phi) is 3.85. The molecule has 1 heterocycles. The Balaban J connectivity index is 2.14. The van der Waals surface area contributed by atoms with E-state index in [1.165, 1.54) is 11.1 Å². The summed E-state index contributed by atoms with van der Waals surface area (Å²) in [5, 5.41) is 0. The lowest BCUT2D eigenvalue weighted by Crippen LogP contribution is -2.52. The van der Waals surface area contributed by atoms with Gasteiger partial charge in [-0.3, -0.25) is 4.90 Å². The number of benzene rings is 1. The molecule has 0 amide bonds. The first-order chi connectivity index (χ1) is 8.19. The molecule has 0 spiro atoms. The van der Waals surface area contributed by atoms with Gasteiger partial charge in [0.2, 0.25) is 0 Å². The van der Waals surface area contributed by atoms with Gasteiger partial charge < -0.3 is 5.73 Å². The summed E-state index contributed by atoms with van der Waals surface area (Å²) in [6, 6.07) is 8.84. The van der Waals surface area contributed by atoms with Crippen LogP contribution in [0.25, 0.3) is 0 Å². The van der Waals surface area contributed by atoms with Gasteiger partial charge in [0.1, 0.15) is 0 Å². The van der Waals surface area contributed by atoms with Gasteiger partial charge in [-0.1, -0.05) is 31.2 Å². The third-order valence-electron chi connectivity index (χ3n) is 4.39. The Labute approximate surface area is 105 Å². The molecule has 2 N–H and O–H groups in total. The zero-order valence-corrected chi connectivity index (χ0v) is 11.1. The summed E-state index contributed by atoms with van der Waals surface area (Å²) in [7, 11) is 0. The number of hydrogen-bond donors (Lipinski definition) is 1. The molecule has 0 aliphatic carbocycles. The molecule has 1 unspecified atom stereocenters. The summed E-state index contributed by atoms with van der Waals surface area (Å²) in [6.07, 6.45) is 3.44. The van der Waals surface area contributed by atoms with E-state index < -0.39 is 0 Å². The van der Waals surface area contributed by atoms with Crippen LogP contribution in [0.5, 0.6) is 0 Å². The number of hydrogen-bond acceptors (Lipinski definition) is 2. The maximum atomic E-state index is 5.96. The van der Waals surface area contributed by atoms with Gasteiger partial charge in [-0.2, -0.15) is 0 Å². The van der Waals surface area contributed by atoms with Gasteiger partial charge in [-0.15, -0.1) is 0 Å². The largest absolute Gasteiger partial charge is 0.329 e. The zero-order chi connectivity index (χ0) is 12.3. The summed E-state index contributed by atoms with van der Waals surface area (Å²) < 4.78 is 0. The highest BCUT2D eigenvalue weighted by Gasteiger charge is 2.29.